The molecule has 0 N–H and O–H groups in total. The van der Waals surface area contributed by atoms with E-state index in [0.717, 1.165) is 11.5 Å². The minimum atomic E-state index is 1.03. The minimum absolute atomic E-state index is 1.03. The summed E-state index contributed by atoms with van der Waals surface area (Å²) in [5.74, 6) is 0. The fraction of sp³-hybridized carbons (Fsp3) is 0.375. The Bertz CT molecular complexity index is 774. The van der Waals surface area contributed by atoms with E-state index in [1.54, 1.807) is 18.0 Å². The lowest BCUT2D eigenvalue weighted by atomic mass is 9.94. The molecule has 0 saturated heterocycles. The molecular formula is C24H31NS. The largest absolute Gasteiger partial charge is 0.250 e. The van der Waals surface area contributed by atoms with Crippen LogP contribution in [0.5, 0.6) is 0 Å². The SMILES string of the molecule is C=C/N=C(/Sc1cccc(C)c1)c1cc(CC)c(CCCCC)cc1C. The van der Waals surface area contributed by atoms with Crippen molar-refractivity contribution in [2.24, 2.45) is 4.99 Å². The Morgan fingerprint density at radius 1 is 1.08 bits per heavy atom. The second-order valence-electron chi connectivity index (χ2n) is 6.78. The summed E-state index contributed by atoms with van der Waals surface area (Å²) in [5.41, 5.74) is 6.75. The minimum Gasteiger partial charge on any atom is -0.250 e. The maximum absolute atomic E-state index is 4.60. The van der Waals surface area contributed by atoms with E-state index >= 15 is 0 Å². The molecule has 0 aliphatic heterocycles. The number of rotatable bonds is 8. The van der Waals surface area contributed by atoms with E-state index in [-0.39, 0.29) is 0 Å². The van der Waals surface area contributed by atoms with Gasteiger partial charge in [-0.3, -0.25) is 0 Å². The highest BCUT2D eigenvalue weighted by atomic mass is 32.2. The zero-order valence-electron chi connectivity index (χ0n) is 16.6. The molecule has 0 spiro atoms. The van der Waals surface area contributed by atoms with Gasteiger partial charge in [0.1, 0.15) is 5.04 Å². The van der Waals surface area contributed by atoms with Crippen molar-refractivity contribution in [1.29, 1.82) is 0 Å². The van der Waals surface area contributed by atoms with Gasteiger partial charge in [-0.1, -0.05) is 68.8 Å². The number of benzene rings is 2. The van der Waals surface area contributed by atoms with Crippen LogP contribution in [0.4, 0.5) is 0 Å². The fourth-order valence-electron chi connectivity index (χ4n) is 3.19. The number of thioether (sulfide) groups is 1. The summed E-state index contributed by atoms with van der Waals surface area (Å²) in [5, 5.41) is 1.03. The first-order valence-electron chi connectivity index (χ1n) is 9.65. The van der Waals surface area contributed by atoms with Crippen molar-refractivity contribution in [3.8, 4) is 0 Å². The molecule has 0 unspecified atom stereocenters. The van der Waals surface area contributed by atoms with Gasteiger partial charge in [0.05, 0.1) is 0 Å². The summed E-state index contributed by atoms with van der Waals surface area (Å²) in [6.07, 6.45) is 7.73. The average molecular weight is 366 g/mol. The molecule has 2 aromatic carbocycles. The Balaban J connectivity index is 2.36. The van der Waals surface area contributed by atoms with Crippen molar-refractivity contribution in [1.82, 2.24) is 0 Å². The van der Waals surface area contributed by atoms with Crippen LogP contribution in [-0.2, 0) is 12.8 Å². The molecule has 0 aliphatic carbocycles. The van der Waals surface area contributed by atoms with Crippen LogP contribution < -0.4 is 0 Å². The van der Waals surface area contributed by atoms with Crippen molar-refractivity contribution < 1.29 is 0 Å². The van der Waals surface area contributed by atoms with E-state index in [1.807, 2.05) is 0 Å². The maximum atomic E-state index is 4.60. The second kappa shape index (κ2) is 10.4. The number of hydrogen-bond donors (Lipinski definition) is 0. The van der Waals surface area contributed by atoms with Gasteiger partial charge in [-0.25, -0.2) is 4.99 Å². The Kier molecular flexibility index (Phi) is 8.18. The molecule has 26 heavy (non-hydrogen) atoms. The number of unbranched alkanes of at least 4 members (excludes halogenated alkanes) is 2. The Morgan fingerprint density at radius 2 is 1.88 bits per heavy atom. The first-order chi connectivity index (χ1) is 12.6. The number of aryl methyl sites for hydroxylation is 4. The van der Waals surface area contributed by atoms with Crippen LogP contribution in [0, 0.1) is 13.8 Å². The highest BCUT2D eigenvalue weighted by Crippen LogP contribution is 2.29. The van der Waals surface area contributed by atoms with E-state index in [9.17, 15) is 0 Å². The molecule has 1 nitrogen and oxygen atoms in total. The predicted octanol–water partition coefficient (Wildman–Crippen LogP) is 7.28. The molecule has 0 fully saturated rings. The third kappa shape index (κ3) is 5.60. The summed E-state index contributed by atoms with van der Waals surface area (Å²) < 4.78 is 0. The van der Waals surface area contributed by atoms with Gasteiger partial charge < -0.3 is 0 Å². The van der Waals surface area contributed by atoms with E-state index in [2.05, 4.69) is 75.7 Å². The Labute approximate surface area is 163 Å². The Hall–Kier alpha value is -1.80. The zero-order chi connectivity index (χ0) is 18.9. The summed E-state index contributed by atoms with van der Waals surface area (Å²) >= 11 is 1.72. The number of aliphatic imine (C=N–C) groups is 1. The van der Waals surface area contributed by atoms with Crippen molar-refractivity contribution in [3.63, 3.8) is 0 Å². The monoisotopic (exact) mass is 365 g/mol. The van der Waals surface area contributed by atoms with E-state index in [1.165, 1.54) is 58.4 Å². The quantitative estimate of drug-likeness (QED) is 0.207. The summed E-state index contributed by atoms with van der Waals surface area (Å²) in [6.45, 7) is 12.7. The zero-order valence-corrected chi connectivity index (χ0v) is 17.5. The van der Waals surface area contributed by atoms with Crippen molar-refractivity contribution >= 4 is 16.8 Å². The third-order valence-corrected chi connectivity index (χ3v) is 5.63. The third-order valence-electron chi connectivity index (χ3n) is 4.62. The van der Waals surface area contributed by atoms with Gasteiger partial charge in [0, 0.05) is 16.7 Å². The molecule has 0 heterocycles. The lowest BCUT2D eigenvalue weighted by Gasteiger charge is -2.15. The molecule has 0 saturated carbocycles. The van der Waals surface area contributed by atoms with Gasteiger partial charge in [0.2, 0.25) is 0 Å². The first-order valence-corrected chi connectivity index (χ1v) is 10.5. The van der Waals surface area contributed by atoms with Crippen LogP contribution >= 0.6 is 11.8 Å². The molecule has 0 amide bonds. The maximum Gasteiger partial charge on any atom is 0.108 e. The van der Waals surface area contributed by atoms with E-state index in [4.69, 9.17) is 0 Å². The van der Waals surface area contributed by atoms with Crippen molar-refractivity contribution in [2.75, 3.05) is 0 Å². The molecule has 2 rings (SSSR count). The van der Waals surface area contributed by atoms with Crippen LogP contribution in [0.15, 0.2) is 59.1 Å². The van der Waals surface area contributed by atoms with E-state index in [0.29, 0.717) is 0 Å². The van der Waals surface area contributed by atoms with Gasteiger partial charge in [-0.15, -0.1) is 0 Å². The molecule has 0 radical (unpaired) electrons. The first kappa shape index (κ1) is 20.5. The smallest absolute Gasteiger partial charge is 0.108 e. The summed E-state index contributed by atoms with van der Waals surface area (Å²) in [6, 6.07) is 13.3. The lowest BCUT2D eigenvalue weighted by molar-refractivity contribution is 0.713. The van der Waals surface area contributed by atoms with Gasteiger partial charge in [-0.2, -0.15) is 0 Å². The lowest BCUT2D eigenvalue weighted by Crippen LogP contribution is -2.04. The molecule has 0 aromatic heterocycles. The standard InChI is InChI=1S/C24H31NS/c1-6-9-10-13-21-16-19(5)23(17-20(21)7-2)24(25-8-3)26-22-14-11-12-18(4)15-22/h8,11-12,14-17H,3,6-7,9-10,13H2,1-2,4-5H3/b25-24+. The van der Waals surface area contributed by atoms with Crippen molar-refractivity contribution in [2.45, 2.75) is 64.7 Å². The van der Waals surface area contributed by atoms with E-state index < -0.39 is 0 Å². The van der Waals surface area contributed by atoms with Crippen LogP contribution in [0.1, 0.15) is 60.9 Å². The van der Waals surface area contributed by atoms with Gasteiger partial charge in [-0.05, 0) is 68.0 Å². The van der Waals surface area contributed by atoms with Crippen LogP contribution in [-0.4, -0.2) is 5.04 Å². The molecule has 138 valence electrons. The molecule has 0 atom stereocenters. The van der Waals surface area contributed by atoms with Gasteiger partial charge in [0.15, 0.2) is 0 Å². The van der Waals surface area contributed by atoms with Gasteiger partial charge in [0.25, 0.3) is 0 Å². The number of hydrogen-bond acceptors (Lipinski definition) is 2. The summed E-state index contributed by atoms with van der Waals surface area (Å²) in [7, 11) is 0. The molecule has 0 aliphatic rings. The normalized spacial score (nSPS) is 11.6. The van der Waals surface area contributed by atoms with Gasteiger partial charge >= 0.3 is 0 Å². The molecular weight excluding hydrogens is 334 g/mol. The summed E-state index contributed by atoms with van der Waals surface area (Å²) in [4.78, 5) is 5.82. The topological polar surface area (TPSA) is 12.4 Å². The van der Waals surface area contributed by atoms with Crippen LogP contribution in [0.3, 0.4) is 0 Å². The molecule has 2 heteroatoms. The number of nitrogens with zero attached hydrogens (tertiary/aromatic N) is 1. The second-order valence-corrected chi connectivity index (χ2v) is 7.84. The van der Waals surface area contributed by atoms with Crippen LogP contribution in [0.25, 0.3) is 0 Å². The highest BCUT2D eigenvalue weighted by molar-refractivity contribution is 8.14. The molecule has 0 bridgehead atoms. The fourth-order valence-corrected chi connectivity index (χ4v) is 4.27. The molecule has 2 aromatic rings. The van der Waals surface area contributed by atoms with Crippen LogP contribution in [0.2, 0.25) is 0 Å². The predicted molar refractivity (Wildman–Crippen MR) is 118 cm³/mol. The highest BCUT2D eigenvalue weighted by Gasteiger charge is 2.13. The Morgan fingerprint density at radius 3 is 2.54 bits per heavy atom. The average Bonchev–Trinajstić information content (AvgIpc) is 2.62. The van der Waals surface area contributed by atoms with Crippen molar-refractivity contribution in [3.05, 3.63) is 77.0 Å².